The van der Waals surface area contributed by atoms with Crippen LogP contribution >= 0.6 is 23.1 Å². The second kappa shape index (κ2) is 9.49. The average molecular weight is 485 g/mol. The molecule has 1 spiro atoms. The van der Waals surface area contributed by atoms with Crippen LogP contribution in [0.2, 0.25) is 5.02 Å². The zero-order chi connectivity index (χ0) is 22.8. The van der Waals surface area contributed by atoms with Crippen molar-refractivity contribution in [2.45, 2.75) is 50.7 Å². The summed E-state index contributed by atoms with van der Waals surface area (Å²) in [6, 6.07) is 14.8. The molecule has 0 atom stereocenters. The number of halogens is 1. The monoisotopic (exact) mass is 484 g/mol. The lowest BCUT2D eigenvalue weighted by Crippen LogP contribution is -2.58. The van der Waals surface area contributed by atoms with Crippen LogP contribution in [-0.2, 0) is 13.0 Å². The number of ether oxygens (including phenoxy) is 2. The molecule has 0 saturated heterocycles. The van der Waals surface area contributed by atoms with E-state index < -0.39 is 0 Å². The van der Waals surface area contributed by atoms with E-state index in [1.54, 1.807) is 14.2 Å². The minimum Gasteiger partial charge on any atom is -0.496 e. The largest absolute Gasteiger partial charge is 0.496 e. The maximum atomic E-state index is 5.96. The molecule has 3 aromatic rings. The molecule has 2 N–H and O–H groups in total. The molecule has 8 heteroatoms. The summed E-state index contributed by atoms with van der Waals surface area (Å²) in [6.07, 6.45) is 5.58. The van der Waals surface area contributed by atoms with Crippen molar-refractivity contribution < 1.29 is 9.47 Å². The molecule has 2 saturated carbocycles. The van der Waals surface area contributed by atoms with Crippen LogP contribution in [0, 0.1) is 5.41 Å². The second-order valence-electron chi connectivity index (χ2n) is 9.20. The van der Waals surface area contributed by atoms with Crippen LogP contribution in [0.5, 0.6) is 11.5 Å². The van der Waals surface area contributed by atoms with E-state index in [2.05, 4.69) is 20.0 Å². The van der Waals surface area contributed by atoms with Crippen LogP contribution in [0.25, 0.3) is 0 Å². The van der Waals surface area contributed by atoms with Crippen LogP contribution in [-0.4, -0.2) is 35.7 Å². The molecule has 0 aliphatic heterocycles. The first-order valence-electron chi connectivity index (χ1n) is 11.3. The summed E-state index contributed by atoms with van der Waals surface area (Å²) in [5.74, 6) is 2.60. The standard InChI is InChI=1S/C25H29ClN4O2S/c1-31-21-4-3-5-22(32-2)20(21)15-27-18-11-25(12-18)13-19(14-25)28-24-29-23(30-33-24)10-16-6-8-17(26)9-7-16/h3-9,18-19,27H,10-15H2,1-2H3,(H,28,29,30). The van der Waals surface area contributed by atoms with Crippen molar-refractivity contribution in [3.05, 3.63) is 64.4 Å². The van der Waals surface area contributed by atoms with Gasteiger partial charge in [0.15, 0.2) is 0 Å². The molecule has 2 aliphatic carbocycles. The van der Waals surface area contributed by atoms with Gasteiger partial charge in [-0.1, -0.05) is 29.8 Å². The number of benzene rings is 2. The Bertz CT molecular complexity index is 1070. The van der Waals surface area contributed by atoms with E-state index in [1.807, 2.05) is 42.5 Å². The van der Waals surface area contributed by atoms with Gasteiger partial charge in [0.1, 0.15) is 17.3 Å². The summed E-state index contributed by atoms with van der Waals surface area (Å²) in [7, 11) is 3.41. The molecule has 2 aliphatic rings. The Labute approximate surface area is 203 Å². The normalized spacial score (nSPS) is 23.6. The highest BCUT2D eigenvalue weighted by Crippen LogP contribution is 2.56. The van der Waals surface area contributed by atoms with Crippen molar-refractivity contribution in [3.63, 3.8) is 0 Å². The van der Waals surface area contributed by atoms with Gasteiger partial charge in [-0.05, 0) is 60.9 Å². The van der Waals surface area contributed by atoms with E-state index in [4.69, 9.17) is 21.1 Å². The van der Waals surface area contributed by atoms with E-state index in [-0.39, 0.29) is 0 Å². The highest BCUT2D eigenvalue weighted by atomic mass is 35.5. The van der Waals surface area contributed by atoms with E-state index in [1.165, 1.54) is 42.8 Å². The number of hydrogen-bond donors (Lipinski definition) is 2. The van der Waals surface area contributed by atoms with Crippen LogP contribution in [0.15, 0.2) is 42.5 Å². The quantitative estimate of drug-likeness (QED) is 0.429. The predicted molar refractivity (Wildman–Crippen MR) is 133 cm³/mol. The molecule has 2 aromatic carbocycles. The fourth-order valence-electron chi connectivity index (χ4n) is 5.24. The molecule has 33 heavy (non-hydrogen) atoms. The number of aromatic nitrogens is 2. The van der Waals surface area contributed by atoms with Gasteiger partial charge in [0.25, 0.3) is 0 Å². The van der Waals surface area contributed by atoms with Crippen molar-refractivity contribution >= 4 is 28.3 Å². The van der Waals surface area contributed by atoms with Gasteiger partial charge in [-0.3, -0.25) is 0 Å². The first-order chi connectivity index (χ1) is 16.1. The lowest BCUT2D eigenvalue weighted by atomic mass is 9.52. The lowest BCUT2D eigenvalue weighted by molar-refractivity contribution is -0.0126. The Morgan fingerprint density at radius 1 is 1.00 bits per heavy atom. The molecule has 6 nitrogen and oxygen atoms in total. The van der Waals surface area contributed by atoms with Crippen LogP contribution in [0.4, 0.5) is 5.13 Å². The summed E-state index contributed by atoms with van der Waals surface area (Å²) in [4.78, 5) is 4.68. The Hall–Kier alpha value is -2.35. The number of nitrogens with one attached hydrogen (secondary N) is 2. The molecular weight excluding hydrogens is 456 g/mol. The highest BCUT2D eigenvalue weighted by molar-refractivity contribution is 7.09. The van der Waals surface area contributed by atoms with Crippen LogP contribution in [0.3, 0.4) is 0 Å². The molecule has 0 bridgehead atoms. The first kappa shape index (κ1) is 22.4. The average Bonchev–Trinajstić information content (AvgIpc) is 3.21. The van der Waals surface area contributed by atoms with Gasteiger partial charge < -0.3 is 20.1 Å². The number of rotatable bonds is 9. The molecule has 2 fully saturated rings. The molecule has 0 amide bonds. The molecule has 0 radical (unpaired) electrons. The minimum atomic E-state index is 0.483. The lowest BCUT2D eigenvalue weighted by Gasteiger charge is -2.58. The van der Waals surface area contributed by atoms with E-state index in [0.29, 0.717) is 17.5 Å². The van der Waals surface area contributed by atoms with Crippen LogP contribution < -0.4 is 20.1 Å². The summed E-state index contributed by atoms with van der Waals surface area (Å²) in [6.45, 7) is 0.761. The van der Waals surface area contributed by atoms with Crippen LogP contribution in [0.1, 0.15) is 42.6 Å². The van der Waals surface area contributed by atoms with Gasteiger partial charge in [-0.25, -0.2) is 4.98 Å². The van der Waals surface area contributed by atoms with E-state index in [9.17, 15) is 0 Å². The van der Waals surface area contributed by atoms with Gasteiger partial charge in [-0.15, -0.1) is 0 Å². The van der Waals surface area contributed by atoms with Crippen molar-refractivity contribution in [1.82, 2.24) is 14.7 Å². The second-order valence-corrected chi connectivity index (χ2v) is 10.4. The van der Waals surface area contributed by atoms with Crippen molar-refractivity contribution in [2.24, 2.45) is 5.41 Å². The van der Waals surface area contributed by atoms with E-state index >= 15 is 0 Å². The smallest absolute Gasteiger partial charge is 0.202 e. The van der Waals surface area contributed by atoms with Gasteiger partial charge in [0, 0.05) is 47.2 Å². The predicted octanol–water partition coefficient (Wildman–Crippen LogP) is 5.31. The fraction of sp³-hybridized carbons (Fsp3) is 0.440. The topological polar surface area (TPSA) is 68.3 Å². The number of methoxy groups -OCH3 is 2. The zero-order valence-electron chi connectivity index (χ0n) is 18.9. The maximum Gasteiger partial charge on any atom is 0.202 e. The maximum absolute atomic E-state index is 5.96. The molecular formula is C25H29ClN4O2S. The third-order valence-electron chi connectivity index (χ3n) is 6.89. The Morgan fingerprint density at radius 2 is 1.67 bits per heavy atom. The molecule has 174 valence electrons. The van der Waals surface area contributed by atoms with Crippen molar-refractivity contribution in [1.29, 1.82) is 0 Å². The Balaban J connectivity index is 1.06. The first-order valence-corrected chi connectivity index (χ1v) is 12.5. The Kier molecular flexibility index (Phi) is 6.45. The van der Waals surface area contributed by atoms with Gasteiger partial charge in [0.05, 0.1) is 14.2 Å². The van der Waals surface area contributed by atoms with Gasteiger partial charge >= 0.3 is 0 Å². The summed E-state index contributed by atoms with van der Waals surface area (Å²) in [5, 5.41) is 8.96. The summed E-state index contributed by atoms with van der Waals surface area (Å²) >= 11 is 7.42. The van der Waals surface area contributed by atoms with Gasteiger partial charge in [-0.2, -0.15) is 4.37 Å². The van der Waals surface area contributed by atoms with Crippen molar-refractivity contribution in [2.75, 3.05) is 19.5 Å². The number of hydrogen-bond acceptors (Lipinski definition) is 7. The van der Waals surface area contributed by atoms with E-state index in [0.717, 1.165) is 46.0 Å². The molecule has 1 aromatic heterocycles. The molecule has 0 unspecified atom stereocenters. The number of nitrogens with zero attached hydrogens (tertiary/aromatic N) is 2. The zero-order valence-corrected chi connectivity index (χ0v) is 20.5. The third-order valence-corrected chi connectivity index (χ3v) is 7.82. The molecule has 5 rings (SSSR count). The summed E-state index contributed by atoms with van der Waals surface area (Å²) in [5.41, 5.74) is 2.74. The minimum absolute atomic E-state index is 0.483. The highest BCUT2D eigenvalue weighted by Gasteiger charge is 2.52. The SMILES string of the molecule is COc1cccc(OC)c1CNC1CC2(C1)CC(Nc1nc(Cc3ccc(Cl)cc3)ns1)C2. The van der Waals surface area contributed by atoms with Gasteiger partial charge in [0.2, 0.25) is 5.13 Å². The third kappa shape index (κ3) is 4.95. The van der Waals surface area contributed by atoms with Crippen molar-refractivity contribution in [3.8, 4) is 11.5 Å². The fourth-order valence-corrected chi connectivity index (χ4v) is 6.03. The molecule has 1 heterocycles. The summed E-state index contributed by atoms with van der Waals surface area (Å²) < 4.78 is 15.5. The number of anilines is 1. The Morgan fingerprint density at radius 3 is 2.33 bits per heavy atom.